The fourth-order valence-corrected chi connectivity index (χ4v) is 5.00. The molecule has 2 aromatic heterocycles. The highest BCUT2D eigenvalue weighted by Crippen LogP contribution is 2.25. The number of benzene rings is 1. The number of rotatable bonds is 4. The number of fused-ring (bicyclic) bond motifs is 1. The first-order chi connectivity index (χ1) is 13.4. The lowest BCUT2D eigenvalue weighted by Crippen LogP contribution is -2.41. The van der Waals surface area contributed by atoms with Crippen LogP contribution in [0.5, 0.6) is 0 Å². The fourth-order valence-electron chi connectivity index (χ4n) is 3.30. The van der Waals surface area contributed by atoms with Gasteiger partial charge in [-0.3, -0.25) is 10.1 Å². The molecule has 3 heterocycles. The number of hydrogen-bond acceptors (Lipinski definition) is 6. The zero-order chi connectivity index (χ0) is 19.7. The minimum atomic E-state index is -3.56. The number of nitrogens with zero attached hydrogens (tertiary/aromatic N) is 5. The van der Waals surface area contributed by atoms with E-state index in [2.05, 4.69) is 20.4 Å². The van der Waals surface area contributed by atoms with Crippen LogP contribution in [-0.4, -0.2) is 50.8 Å². The molecule has 146 valence electrons. The number of aromatic nitrogens is 4. The van der Waals surface area contributed by atoms with Gasteiger partial charge in [0.1, 0.15) is 0 Å². The molecule has 1 saturated heterocycles. The number of carbonyl (C=O) groups excluding carboxylic acids is 1. The van der Waals surface area contributed by atoms with Crippen LogP contribution in [0.2, 0.25) is 0 Å². The van der Waals surface area contributed by atoms with Crippen LogP contribution in [0.15, 0.2) is 47.6 Å². The summed E-state index contributed by atoms with van der Waals surface area (Å²) in [5.74, 6) is 0.0728. The predicted octanol–water partition coefficient (Wildman–Crippen LogP) is 1.94. The second-order valence-corrected chi connectivity index (χ2v) is 8.63. The molecule has 1 fully saturated rings. The number of anilines is 1. The largest absolute Gasteiger partial charge is 0.289 e. The van der Waals surface area contributed by atoms with Crippen molar-refractivity contribution in [2.45, 2.75) is 37.1 Å². The van der Waals surface area contributed by atoms with Crippen molar-refractivity contribution >= 4 is 27.7 Å². The zero-order valence-corrected chi connectivity index (χ0v) is 16.1. The monoisotopic (exact) mass is 400 g/mol. The summed E-state index contributed by atoms with van der Waals surface area (Å²) >= 11 is 0. The standard InChI is InChI=1S/C18H20N6O3S/c1-13-5-2-3-12-24(13)28(26,27)15-8-6-14(7-9-15)16(25)20-17-21-18-19-10-4-11-23(18)22-17/h4,6-11,13H,2-3,5,12H2,1H3,(H,20,22,25). The van der Waals surface area contributed by atoms with Crippen LogP contribution >= 0.6 is 0 Å². The molecule has 0 radical (unpaired) electrons. The summed E-state index contributed by atoms with van der Waals surface area (Å²) in [6, 6.07) is 7.59. The van der Waals surface area contributed by atoms with Gasteiger partial charge in [0.25, 0.3) is 17.6 Å². The van der Waals surface area contributed by atoms with E-state index < -0.39 is 15.9 Å². The Morgan fingerprint density at radius 3 is 2.71 bits per heavy atom. The Morgan fingerprint density at radius 2 is 2.00 bits per heavy atom. The molecule has 1 aliphatic heterocycles. The SMILES string of the molecule is CC1CCCCN1S(=O)(=O)c1ccc(C(=O)Nc2nc3ncccn3n2)cc1. The summed E-state index contributed by atoms with van der Waals surface area (Å²) in [7, 11) is -3.56. The Balaban J connectivity index is 1.51. The maximum atomic E-state index is 12.9. The Kier molecular flexibility index (Phi) is 4.82. The van der Waals surface area contributed by atoms with Gasteiger partial charge < -0.3 is 0 Å². The smallest absolute Gasteiger partial charge is 0.258 e. The average molecular weight is 400 g/mol. The van der Waals surface area contributed by atoms with Crippen LogP contribution in [0, 0.1) is 0 Å². The van der Waals surface area contributed by atoms with Crippen LogP contribution in [-0.2, 0) is 10.0 Å². The quantitative estimate of drug-likeness (QED) is 0.717. The number of carbonyl (C=O) groups is 1. The molecule has 1 N–H and O–H groups in total. The molecule has 9 nitrogen and oxygen atoms in total. The fraction of sp³-hybridized carbons (Fsp3) is 0.333. The molecule has 1 amide bonds. The number of sulfonamides is 1. The Labute approximate surface area is 162 Å². The van der Waals surface area contributed by atoms with Crippen LogP contribution in [0.25, 0.3) is 5.78 Å². The van der Waals surface area contributed by atoms with E-state index in [4.69, 9.17) is 0 Å². The van der Waals surface area contributed by atoms with E-state index in [9.17, 15) is 13.2 Å². The van der Waals surface area contributed by atoms with E-state index in [-0.39, 0.29) is 16.9 Å². The number of amides is 1. The lowest BCUT2D eigenvalue weighted by atomic mass is 10.1. The molecule has 3 aromatic rings. The van der Waals surface area contributed by atoms with Gasteiger partial charge in [-0.2, -0.15) is 9.29 Å². The number of hydrogen-bond donors (Lipinski definition) is 1. The molecule has 0 aliphatic carbocycles. The lowest BCUT2D eigenvalue weighted by molar-refractivity contribution is 0.102. The average Bonchev–Trinajstić information content (AvgIpc) is 3.10. The highest BCUT2D eigenvalue weighted by molar-refractivity contribution is 7.89. The van der Waals surface area contributed by atoms with Gasteiger partial charge in [-0.25, -0.2) is 17.9 Å². The molecular weight excluding hydrogens is 380 g/mol. The first-order valence-corrected chi connectivity index (χ1v) is 10.5. The van der Waals surface area contributed by atoms with Gasteiger partial charge in [0, 0.05) is 30.5 Å². The lowest BCUT2D eigenvalue weighted by Gasteiger charge is -2.32. The summed E-state index contributed by atoms with van der Waals surface area (Å²) in [5, 5.41) is 6.71. The highest BCUT2D eigenvalue weighted by atomic mass is 32.2. The zero-order valence-electron chi connectivity index (χ0n) is 15.3. The first kappa shape index (κ1) is 18.5. The van der Waals surface area contributed by atoms with Crippen molar-refractivity contribution < 1.29 is 13.2 Å². The van der Waals surface area contributed by atoms with Crippen molar-refractivity contribution in [1.29, 1.82) is 0 Å². The van der Waals surface area contributed by atoms with Crippen LogP contribution in [0.3, 0.4) is 0 Å². The van der Waals surface area contributed by atoms with Gasteiger partial charge in [-0.05, 0) is 50.1 Å². The highest BCUT2D eigenvalue weighted by Gasteiger charge is 2.30. The van der Waals surface area contributed by atoms with E-state index in [0.29, 0.717) is 17.9 Å². The third-order valence-corrected chi connectivity index (χ3v) is 6.83. The second kappa shape index (κ2) is 7.28. The van der Waals surface area contributed by atoms with Gasteiger partial charge in [-0.1, -0.05) is 6.42 Å². The predicted molar refractivity (Wildman–Crippen MR) is 102 cm³/mol. The van der Waals surface area contributed by atoms with E-state index in [0.717, 1.165) is 19.3 Å². The molecule has 4 rings (SSSR count). The summed E-state index contributed by atoms with van der Waals surface area (Å²) in [6.07, 6.45) is 6.02. The molecule has 0 saturated carbocycles. The van der Waals surface area contributed by atoms with Crippen LogP contribution < -0.4 is 5.32 Å². The van der Waals surface area contributed by atoms with Gasteiger partial charge in [-0.15, -0.1) is 5.10 Å². The van der Waals surface area contributed by atoms with Crippen LogP contribution in [0.4, 0.5) is 5.95 Å². The van der Waals surface area contributed by atoms with Crippen molar-refractivity contribution in [3.63, 3.8) is 0 Å². The minimum absolute atomic E-state index is 0.0172. The van der Waals surface area contributed by atoms with E-state index >= 15 is 0 Å². The maximum absolute atomic E-state index is 12.9. The molecule has 1 unspecified atom stereocenters. The summed E-state index contributed by atoms with van der Waals surface area (Å²) in [4.78, 5) is 20.8. The minimum Gasteiger partial charge on any atom is -0.289 e. The van der Waals surface area contributed by atoms with Crippen LogP contribution in [0.1, 0.15) is 36.5 Å². The topological polar surface area (TPSA) is 110 Å². The van der Waals surface area contributed by atoms with Gasteiger partial charge in [0.2, 0.25) is 10.0 Å². The Bertz CT molecular complexity index is 1080. The number of piperidine rings is 1. The molecule has 10 heteroatoms. The van der Waals surface area contributed by atoms with Crippen molar-refractivity contribution in [3.8, 4) is 0 Å². The third kappa shape index (κ3) is 3.48. The van der Waals surface area contributed by atoms with E-state index in [1.165, 1.54) is 28.8 Å². The van der Waals surface area contributed by atoms with Gasteiger partial charge in [0.15, 0.2) is 0 Å². The molecule has 1 atom stereocenters. The van der Waals surface area contributed by atoms with Crippen molar-refractivity contribution in [2.75, 3.05) is 11.9 Å². The summed E-state index contributed by atoms with van der Waals surface area (Å²) in [5.41, 5.74) is 0.317. The first-order valence-electron chi connectivity index (χ1n) is 9.06. The second-order valence-electron chi connectivity index (χ2n) is 6.74. The molecule has 28 heavy (non-hydrogen) atoms. The van der Waals surface area contributed by atoms with E-state index in [1.807, 2.05) is 6.92 Å². The number of nitrogens with one attached hydrogen (secondary N) is 1. The summed E-state index contributed by atoms with van der Waals surface area (Å²) in [6.45, 7) is 2.45. The van der Waals surface area contributed by atoms with E-state index in [1.54, 1.807) is 22.8 Å². The molecule has 1 aliphatic rings. The molecule has 0 bridgehead atoms. The van der Waals surface area contributed by atoms with Gasteiger partial charge in [0.05, 0.1) is 4.90 Å². The summed E-state index contributed by atoms with van der Waals surface area (Å²) < 4.78 is 28.7. The van der Waals surface area contributed by atoms with Crippen molar-refractivity contribution in [1.82, 2.24) is 23.9 Å². The third-order valence-electron chi connectivity index (χ3n) is 4.81. The van der Waals surface area contributed by atoms with Crippen molar-refractivity contribution in [2.24, 2.45) is 0 Å². The Hall–Kier alpha value is -2.85. The van der Waals surface area contributed by atoms with Crippen molar-refractivity contribution in [3.05, 3.63) is 48.3 Å². The van der Waals surface area contributed by atoms with Gasteiger partial charge >= 0.3 is 0 Å². The molecule has 0 spiro atoms. The Morgan fingerprint density at radius 1 is 1.21 bits per heavy atom. The maximum Gasteiger partial charge on any atom is 0.258 e. The normalized spacial score (nSPS) is 18.2. The molecular formula is C18H20N6O3S. The molecule has 1 aromatic carbocycles.